The summed E-state index contributed by atoms with van der Waals surface area (Å²) in [6, 6.07) is 6.27. The minimum atomic E-state index is -0.00436. The molecule has 0 unspecified atom stereocenters. The number of aromatic nitrogens is 2. The van der Waals surface area contributed by atoms with Gasteiger partial charge in [-0.05, 0) is 31.9 Å². The SMILES string of the molecule is CCc1ccc2cnn(/C(C)=C(\CN)C(C)=O)c2c1. The summed E-state index contributed by atoms with van der Waals surface area (Å²) in [5.41, 5.74) is 9.35. The van der Waals surface area contributed by atoms with Gasteiger partial charge in [0.1, 0.15) is 0 Å². The van der Waals surface area contributed by atoms with Crippen LogP contribution in [0.2, 0.25) is 0 Å². The van der Waals surface area contributed by atoms with Gasteiger partial charge in [0.2, 0.25) is 0 Å². The summed E-state index contributed by atoms with van der Waals surface area (Å²) in [5.74, 6) is -0.00436. The molecule has 0 bridgehead atoms. The highest BCUT2D eigenvalue weighted by Gasteiger charge is 2.11. The molecule has 0 spiro atoms. The molecule has 100 valence electrons. The zero-order valence-corrected chi connectivity index (χ0v) is 11.6. The van der Waals surface area contributed by atoms with E-state index in [0.717, 1.165) is 23.0 Å². The fourth-order valence-corrected chi connectivity index (χ4v) is 2.23. The standard InChI is InChI=1S/C15H19N3O/c1-4-12-5-6-13-9-17-18(15(13)7-12)10(2)14(8-16)11(3)19/h5-7,9H,4,8,16H2,1-3H3/b14-10+. The van der Waals surface area contributed by atoms with Gasteiger partial charge in [0.05, 0.1) is 11.7 Å². The molecule has 0 fully saturated rings. The first-order valence-electron chi connectivity index (χ1n) is 6.46. The Morgan fingerprint density at radius 2 is 2.11 bits per heavy atom. The van der Waals surface area contributed by atoms with E-state index >= 15 is 0 Å². The van der Waals surface area contributed by atoms with E-state index in [9.17, 15) is 4.79 Å². The maximum Gasteiger partial charge on any atom is 0.158 e. The van der Waals surface area contributed by atoms with Crippen molar-refractivity contribution >= 4 is 22.4 Å². The lowest BCUT2D eigenvalue weighted by molar-refractivity contribution is -0.113. The Balaban J connectivity index is 2.65. The summed E-state index contributed by atoms with van der Waals surface area (Å²) in [6.07, 6.45) is 2.78. The number of allylic oxidation sites excluding steroid dienone is 1. The van der Waals surface area contributed by atoms with Crippen LogP contribution in [0, 0.1) is 0 Å². The molecule has 1 heterocycles. The van der Waals surface area contributed by atoms with E-state index in [1.54, 1.807) is 4.68 Å². The van der Waals surface area contributed by atoms with E-state index in [2.05, 4.69) is 30.2 Å². The third kappa shape index (κ3) is 2.44. The quantitative estimate of drug-likeness (QED) is 0.855. The van der Waals surface area contributed by atoms with Crippen molar-refractivity contribution in [2.45, 2.75) is 27.2 Å². The van der Waals surface area contributed by atoms with Gasteiger partial charge in [-0.25, -0.2) is 4.68 Å². The third-order valence-corrected chi connectivity index (χ3v) is 3.43. The van der Waals surface area contributed by atoms with Crippen LogP contribution in [0.5, 0.6) is 0 Å². The average Bonchev–Trinajstić information content (AvgIpc) is 2.81. The molecule has 2 rings (SSSR count). The molecule has 0 amide bonds. The fourth-order valence-electron chi connectivity index (χ4n) is 2.23. The van der Waals surface area contributed by atoms with Crippen molar-refractivity contribution in [3.63, 3.8) is 0 Å². The summed E-state index contributed by atoms with van der Waals surface area (Å²) >= 11 is 0. The van der Waals surface area contributed by atoms with E-state index < -0.39 is 0 Å². The minimum absolute atomic E-state index is 0.00436. The second-order valence-corrected chi connectivity index (χ2v) is 4.63. The summed E-state index contributed by atoms with van der Waals surface area (Å²) in [7, 11) is 0. The minimum Gasteiger partial charge on any atom is -0.326 e. The lowest BCUT2D eigenvalue weighted by atomic mass is 10.1. The molecule has 0 atom stereocenters. The van der Waals surface area contributed by atoms with E-state index in [-0.39, 0.29) is 12.3 Å². The van der Waals surface area contributed by atoms with Gasteiger partial charge in [0.15, 0.2) is 5.78 Å². The Morgan fingerprint density at radius 3 is 2.68 bits per heavy atom. The number of aryl methyl sites for hydroxylation is 1. The number of hydrogen-bond acceptors (Lipinski definition) is 3. The van der Waals surface area contributed by atoms with Gasteiger partial charge < -0.3 is 5.73 Å². The molecule has 0 aliphatic rings. The molecule has 2 N–H and O–H groups in total. The van der Waals surface area contributed by atoms with Crippen LogP contribution in [0.15, 0.2) is 30.0 Å². The van der Waals surface area contributed by atoms with E-state index in [1.165, 1.54) is 12.5 Å². The highest BCUT2D eigenvalue weighted by molar-refractivity contribution is 5.99. The van der Waals surface area contributed by atoms with Crippen LogP contribution < -0.4 is 5.73 Å². The third-order valence-electron chi connectivity index (χ3n) is 3.43. The summed E-state index contributed by atoms with van der Waals surface area (Å²) < 4.78 is 1.80. The Kier molecular flexibility index (Phi) is 3.81. The number of carbonyl (C=O) groups excluding carboxylic acids is 1. The predicted molar refractivity (Wildman–Crippen MR) is 77.7 cm³/mol. The molecule has 0 saturated heterocycles. The monoisotopic (exact) mass is 257 g/mol. The van der Waals surface area contributed by atoms with Crippen LogP contribution in [0.1, 0.15) is 26.3 Å². The van der Waals surface area contributed by atoms with Crippen LogP contribution in [-0.2, 0) is 11.2 Å². The van der Waals surface area contributed by atoms with Crippen molar-refractivity contribution in [2.75, 3.05) is 6.54 Å². The van der Waals surface area contributed by atoms with Crippen molar-refractivity contribution in [1.29, 1.82) is 0 Å². The fraction of sp³-hybridized carbons (Fsp3) is 0.333. The molecule has 0 saturated carbocycles. The van der Waals surface area contributed by atoms with Gasteiger partial charge in [0.25, 0.3) is 0 Å². The first-order chi connectivity index (χ1) is 9.08. The zero-order chi connectivity index (χ0) is 14.0. The Hall–Kier alpha value is -1.94. The van der Waals surface area contributed by atoms with Gasteiger partial charge >= 0.3 is 0 Å². The largest absolute Gasteiger partial charge is 0.326 e. The number of carbonyl (C=O) groups is 1. The van der Waals surface area contributed by atoms with Gasteiger partial charge in [-0.15, -0.1) is 0 Å². The van der Waals surface area contributed by atoms with Crippen molar-refractivity contribution in [2.24, 2.45) is 5.73 Å². The van der Waals surface area contributed by atoms with Crippen LogP contribution >= 0.6 is 0 Å². The summed E-state index contributed by atoms with van der Waals surface area (Å²) in [6.45, 7) is 5.77. The molecule has 1 aromatic heterocycles. The molecule has 1 aromatic carbocycles. The maximum atomic E-state index is 11.6. The molecule has 19 heavy (non-hydrogen) atoms. The first kappa shape index (κ1) is 13.5. The van der Waals surface area contributed by atoms with E-state index in [4.69, 9.17) is 5.73 Å². The smallest absolute Gasteiger partial charge is 0.158 e. The molecular formula is C15H19N3O. The number of ketones is 1. The Morgan fingerprint density at radius 1 is 1.37 bits per heavy atom. The second-order valence-electron chi connectivity index (χ2n) is 4.63. The number of rotatable bonds is 4. The first-order valence-corrected chi connectivity index (χ1v) is 6.46. The van der Waals surface area contributed by atoms with Gasteiger partial charge in [0, 0.05) is 23.2 Å². The lowest BCUT2D eigenvalue weighted by Crippen LogP contribution is -2.14. The molecule has 0 aliphatic heterocycles. The molecular weight excluding hydrogens is 238 g/mol. The number of fused-ring (bicyclic) bond motifs is 1. The number of Topliss-reactive ketones (excluding diaryl/α,β-unsaturated/α-hetero) is 1. The molecule has 4 nitrogen and oxygen atoms in total. The predicted octanol–water partition coefficient (Wildman–Crippen LogP) is 2.38. The van der Waals surface area contributed by atoms with Crippen molar-refractivity contribution in [3.05, 3.63) is 35.5 Å². The van der Waals surface area contributed by atoms with Crippen LogP contribution in [-0.4, -0.2) is 22.1 Å². The van der Waals surface area contributed by atoms with Crippen molar-refractivity contribution < 1.29 is 4.79 Å². The topological polar surface area (TPSA) is 60.9 Å². The number of nitrogens with two attached hydrogens (primary N) is 1. The number of nitrogens with zero attached hydrogens (tertiary/aromatic N) is 2. The normalized spacial score (nSPS) is 12.6. The molecule has 2 aromatic rings. The van der Waals surface area contributed by atoms with Crippen molar-refractivity contribution in [3.8, 4) is 0 Å². The maximum absolute atomic E-state index is 11.6. The molecule has 4 heteroatoms. The Labute approximate surface area is 112 Å². The lowest BCUT2D eigenvalue weighted by Gasteiger charge is -2.09. The summed E-state index contributed by atoms with van der Waals surface area (Å²) in [5, 5.41) is 5.44. The zero-order valence-electron chi connectivity index (χ0n) is 11.6. The second kappa shape index (κ2) is 5.36. The molecule has 0 radical (unpaired) electrons. The summed E-state index contributed by atoms with van der Waals surface area (Å²) in [4.78, 5) is 11.6. The van der Waals surface area contributed by atoms with Gasteiger partial charge in [-0.2, -0.15) is 5.10 Å². The van der Waals surface area contributed by atoms with Crippen LogP contribution in [0.4, 0.5) is 0 Å². The number of benzene rings is 1. The highest BCUT2D eigenvalue weighted by Crippen LogP contribution is 2.21. The van der Waals surface area contributed by atoms with E-state index in [1.807, 2.05) is 13.1 Å². The van der Waals surface area contributed by atoms with E-state index in [0.29, 0.717) is 5.57 Å². The molecule has 0 aliphatic carbocycles. The Bertz CT molecular complexity index is 652. The van der Waals surface area contributed by atoms with Gasteiger partial charge in [-0.1, -0.05) is 19.1 Å². The number of hydrogen-bond donors (Lipinski definition) is 1. The van der Waals surface area contributed by atoms with Crippen molar-refractivity contribution in [1.82, 2.24) is 9.78 Å². The average molecular weight is 257 g/mol. The van der Waals surface area contributed by atoms with Crippen LogP contribution in [0.3, 0.4) is 0 Å². The highest BCUT2D eigenvalue weighted by atomic mass is 16.1. The van der Waals surface area contributed by atoms with Gasteiger partial charge in [-0.3, -0.25) is 4.79 Å². The van der Waals surface area contributed by atoms with Crippen LogP contribution in [0.25, 0.3) is 16.6 Å².